The van der Waals surface area contributed by atoms with Crippen molar-refractivity contribution in [3.05, 3.63) is 53.7 Å². The van der Waals surface area contributed by atoms with Crippen LogP contribution in [0.3, 0.4) is 0 Å². The number of hydrogen-bond acceptors (Lipinski definition) is 4. The lowest BCUT2D eigenvalue weighted by molar-refractivity contribution is 0.0799. The van der Waals surface area contributed by atoms with Crippen LogP contribution in [-0.2, 0) is 6.54 Å². The van der Waals surface area contributed by atoms with Crippen LogP contribution in [0.1, 0.15) is 34.7 Å². The van der Waals surface area contributed by atoms with Gasteiger partial charge in [0.2, 0.25) is 5.78 Å². The second kappa shape index (κ2) is 6.22. The Morgan fingerprint density at radius 1 is 1.29 bits per heavy atom. The average molecular weight is 284 g/mol. The molecular weight excluding hydrogens is 264 g/mol. The highest BCUT2D eigenvalue weighted by Crippen LogP contribution is 2.22. The Hall–Kier alpha value is -1.94. The number of carbonyl (C=O) groups is 1. The van der Waals surface area contributed by atoms with Crippen LogP contribution >= 0.6 is 0 Å². The van der Waals surface area contributed by atoms with Crippen molar-refractivity contribution in [3.8, 4) is 0 Å². The Bertz CT molecular complexity index is 582. The van der Waals surface area contributed by atoms with Gasteiger partial charge in [0.05, 0.1) is 6.20 Å². The minimum absolute atomic E-state index is 0.0509. The predicted molar refractivity (Wildman–Crippen MR) is 80.0 cm³/mol. The lowest BCUT2D eigenvalue weighted by Gasteiger charge is -2.30. The fourth-order valence-corrected chi connectivity index (χ4v) is 2.82. The second-order valence-corrected chi connectivity index (χ2v) is 5.74. The topological polar surface area (TPSA) is 46.3 Å². The van der Waals surface area contributed by atoms with E-state index in [1.807, 2.05) is 0 Å². The van der Waals surface area contributed by atoms with Crippen LogP contribution in [0.5, 0.6) is 0 Å². The zero-order valence-electron chi connectivity index (χ0n) is 12.3. The Labute approximate surface area is 124 Å². The van der Waals surface area contributed by atoms with E-state index >= 15 is 0 Å². The molecule has 4 nitrogen and oxygen atoms in total. The number of aryl methyl sites for hydroxylation is 1. The van der Waals surface area contributed by atoms with Crippen molar-refractivity contribution in [2.75, 3.05) is 13.1 Å². The van der Waals surface area contributed by atoms with E-state index in [2.05, 4.69) is 41.1 Å². The number of Topliss-reactive ketones (excluding diaryl/α,β-unsaturated/α-hetero) is 1. The molecule has 0 saturated carbocycles. The molecule has 2 heterocycles. The number of hydrogen-bond donors (Lipinski definition) is 0. The number of ketones is 1. The van der Waals surface area contributed by atoms with Crippen molar-refractivity contribution in [1.29, 1.82) is 0 Å². The molecule has 110 valence electrons. The van der Waals surface area contributed by atoms with E-state index < -0.39 is 0 Å². The van der Waals surface area contributed by atoms with E-state index in [4.69, 9.17) is 4.42 Å². The summed E-state index contributed by atoms with van der Waals surface area (Å²) in [6.45, 7) is 4.96. The summed E-state index contributed by atoms with van der Waals surface area (Å²) in [5.41, 5.74) is 2.62. The molecule has 1 fully saturated rings. The van der Waals surface area contributed by atoms with Crippen LogP contribution in [-0.4, -0.2) is 28.8 Å². The summed E-state index contributed by atoms with van der Waals surface area (Å²) in [6.07, 6.45) is 4.75. The summed E-state index contributed by atoms with van der Waals surface area (Å²) in [6, 6.07) is 8.65. The molecule has 0 N–H and O–H groups in total. The molecule has 1 aromatic heterocycles. The van der Waals surface area contributed by atoms with Crippen molar-refractivity contribution in [1.82, 2.24) is 9.88 Å². The first-order valence-corrected chi connectivity index (χ1v) is 7.44. The molecule has 1 aliphatic rings. The van der Waals surface area contributed by atoms with Crippen molar-refractivity contribution in [2.24, 2.45) is 5.92 Å². The lowest BCUT2D eigenvalue weighted by Crippen LogP contribution is -2.36. The SMILES string of the molecule is Cc1ccc(CN2CCC(C(=O)c3ncco3)CC2)cc1. The van der Waals surface area contributed by atoms with Gasteiger partial charge in [0, 0.05) is 12.5 Å². The number of nitrogens with zero attached hydrogens (tertiary/aromatic N) is 2. The summed E-state index contributed by atoms with van der Waals surface area (Å²) in [4.78, 5) is 18.6. The van der Waals surface area contributed by atoms with Gasteiger partial charge in [-0.05, 0) is 38.4 Å². The number of piperidine rings is 1. The smallest absolute Gasteiger partial charge is 0.263 e. The molecule has 0 aliphatic carbocycles. The van der Waals surface area contributed by atoms with E-state index in [1.54, 1.807) is 0 Å². The Kier molecular flexibility index (Phi) is 4.15. The van der Waals surface area contributed by atoms with E-state index in [0.29, 0.717) is 0 Å². The monoisotopic (exact) mass is 284 g/mol. The molecule has 0 atom stereocenters. The number of likely N-dealkylation sites (tertiary alicyclic amines) is 1. The molecule has 0 bridgehead atoms. The first-order chi connectivity index (χ1) is 10.2. The molecule has 4 heteroatoms. The van der Waals surface area contributed by atoms with Gasteiger partial charge in [0.15, 0.2) is 0 Å². The highest BCUT2D eigenvalue weighted by molar-refractivity contribution is 5.93. The zero-order chi connectivity index (χ0) is 14.7. The third-order valence-electron chi connectivity index (χ3n) is 4.13. The molecule has 21 heavy (non-hydrogen) atoms. The zero-order valence-corrected chi connectivity index (χ0v) is 12.3. The van der Waals surface area contributed by atoms with Crippen molar-refractivity contribution in [3.63, 3.8) is 0 Å². The fourth-order valence-electron chi connectivity index (χ4n) is 2.82. The van der Waals surface area contributed by atoms with Gasteiger partial charge in [-0.25, -0.2) is 4.98 Å². The summed E-state index contributed by atoms with van der Waals surface area (Å²) in [7, 11) is 0. The molecule has 1 saturated heterocycles. The third kappa shape index (κ3) is 3.39. The molecule has 0 spiro atoms. The van der Waals surface area contributed by atoms with Crippen molar-refractivity contribution >= 4 is 5.78 Å². The Balaban J connectivity index is 1.53. The first-order valence-electron chi connectivity index (χ1n) is 7.44. The summed E-state index contributed by atoms with van der Waals surface area (Å²) >= 11 is 0. The fraction of sp³-hybridized carbons (Fsp3) is 0.412. The van der Waals surface area contributed by atoms with Crippen LogP contribution in [0.2, 0.25) is 0 Å². The maximum Gasteiger partial charge on any atom is 0.263 e. The maximum atomic E-state index is 12.2. The van der Waals surface area contributed by atoms with E-state index in [1.165, 1.54) is 23.6 Å². The Morgan fingerprint density at radius 2 is 2.00 bits per heavy atom. The quantitative estimate of drug-likeness (QED) is 0.809. The van der Waals surface area contributed by atoms with Crippen LogP contribution < -0.4 is 0 Å². The predicted octanol–water partition coefficient (Wildman–Crippen LogP) is 3.08. The minimum atomic E-state index is 0.0509. The van der Waals surface area contributed by atoms with Crippen molar-refractivity contribution in [2.45, 2.75) is 26.3 Å². The number of oxazole rings is 1. The highest BCUT2D eigenvalue weighted by atomic mass is 16.3. The molecule has 1 aliphatic heterocycles. The second-order valence-electron chi connectivity index (χ2n) is 5.74. The van der Waals surface area contributed by atoms with Gasteiger partial charge in [-0.1, -0.05) is 29.8 Å². The Morgan fingerprint density at radius 3 is 2.62 bits per heavy atom. The van der Waals surface area contributed by atoms with Gasteiger partial charge in [-0.2, -0.15) is 0 Å². The van der Waals surface area contributed by atoms with Crippen LogP contribution in [0.15, 0.2) is 41.1 Å². The normalized spacial score (nSPS) is 17.0. The number of carbonyl (C=O) groups excluding carboxylic acids is 1. The van der Waals surface area contributed by atoms with Crippen LogP contribution in [0, 0.1) is 12.8 Å². The number of aromatic nitrogens is 1. The van der Waals surface area contributed by atoms with E-state index in [-0.39, 0.29) is 17.6 Å². The van der Waals surface area contributed by atoms with E-state index in [9.17, 15) is 4.79 Å². The van der Waals surface area contributed by atoms with Gasteiger partial charge in [0.1, 0.15) is 6.26 Å². The molecule has 0 amide bonds. The van der Waals surface area contributed by atoms with Crippen molar-refractivity contribution < 1.29 is 9.21 Å². The largest absolute Gasteiger partial charge is 0.442 e. The molecular formula is C17H20N2O2. The molecule has 0 radical (unpaired) electrons. The molecule has 3 rings (SSSR count). The molecule has 0 unspecified atom stereocenters. The number of benzene rings is 1. The summed E-state index contributed by atoms with van der Waals surface area (Å²) in [5, 5.41) is 0. The van der Waals surface area contributed by atoms with Crippen LogP contribution in [0.4, 0.5) is 0 Å². The highest BCUT2D eigenvalue weighted by Gasteiger charge is 2.28. The standard InChI is InChI=1S/C17H20N2O2/c1-13-2-4-14(5-3-13)12-19-9-6-15(7-10-19)16(20)17-18-8-11-21-17/h2-5,8,11,15H,6-7,9-10,12H2,1H3. The van der Waals surface area contributed by atoms with Gasteiger partial charge < -0.3 is 4.42 Å². The van der Waals surface area contributed by atoms with E-state index in [0.717, 1.165) is 32.5 Å². The number of rotatable bonds is 4. The summed E-state index contributed by atoms with van der Waals surface area (Å²) < 4.78 is 5.11. The third-order valence-corrected chi connectivity index (χ3v) is 4.13. The van der Waals surface area contributed by atoms with Crippen LogP contribution in [0.25, 0.3) is 0 Å². The minimum Gasteiger partial charge on any atom is -0.442 e. The maximum absolute atomic E-state index is 12.2. The van der Waals surface area contributed by atoms with Gasteiger partial charge in [-0.3, -0.25) is 9.69 Å². The van der Waals surface area contributed by atoms with Gasteiger partial charge >= 0.3 is 0 Å². The van der Waals surface area contributed by atoms with Gasteiger partial charge in [0.25, 0.3) is 5.89 Å². The lowest BCUT2D eigenvalue weighted by atomic mass is 9.92. The first kappa shape index (κ1) is 14.0. The average Bonchev–Trinajstić information content (AvgIpc) is 3.04. The summed E-state index contributed by atoms with van der Waals surface area (Å²) in [5.74, 6) is 0.361. The molecule has 1 aromatic carbocycles. The van der Waals surface area contributed by atoms with Gasteiger partial charge in [-0.15, -0.1) is 0 Å². The molecule has 2 aromatic rings.